The predicted octanol–water partition coefficient (Wildman–Crippen LogP) is 3.04. The Morgan fingerprint density at radius 2 is 2.41 bits per heavy atom. The molecule has 0 aliphatic carbocycles. The zero-order valence-corrected chi connectivity index (χ0v) is 11.7. The predicted molar refractivity (Wildman–Crippen MR) is 74.1 cm³/mol. The maximum atomic E-state index is 5.83. The van der Waals surface area contributed by atoms with Crippen molar-refractivity contribution in [2.24, 2.45) is 5.92 Å². The summed E-state index contributed by atoms with van der Waals surface area (Å²) in [6.45, 7) is 2.18. The van der Waals surface area contributed by atoms with Crippen molar-refractivity contribution in [1.29, 1.82) is 0 Å². The standard InChI is InChI=1S/C12H18ClN3S/c1-17-12-7-11(14-9-15-12)16-6-2-3-10(8-16)4-5-13/h7,9-10H,2-6,8H2,1H3. The van der Waals surface area contributed by atoms with Gasteiger partial charge in [-0.2, -0.15) is 0 Å². The van der Waals surface area contributed by atoms with Crippen molar-refractivity contribution < 1.29 is 0 Å². The number of alkyl halides is 1. The van der Waals surface area contributed by atoms with Gasteiger partial charge in [-0.1, -0.05) is 0 Å². The molecule has 0 spiro atoms. The second kappa shape index (κ2) is 6.45. The lowest BCUT2D eigenvalue weighted by Gasteiger charge is -2.33. The third-order valence-corrected chi connectivity index (χ3v) is 4.06. The molecule has 17 heavy (non-hydrogen) atoms. The van der Waals surface area contributed by atoms with Gasteiger partial charge in [0.15, 0.2) is 0 Å². The van der Waals surface area contributed by atoms with Crippen molar-refractivity contribution in [3.63, 3.8) is 0 Å². The van der Waals surface area contributed by atoms with E-state index in [0.717, 1.165) is 36.2 Å². The number of hydrogen-bond acceptors (Lipinski definition) is 4. The molecule has 1 unspecified atom stereocenters. The molecule has 3 nitrogen and oxygen atoms in total. The number of piperidine rings is 1. The molecule has 0 N–H and O–H groups in total. The number of hydrogen-bond donors (Lipinski definition) is 0. The van der Waals surface area contributed by atoms with Gasteiger partial charge in [0.25, 0.3) is 0 Å². The molecule has 5 heteroatoms. The summed E-state index contributed by atoms with van der Waals surface area (Å²) < 4.78 is 0. The van der Waals surface area contributed by atoms with Crippen LogP contribution in [0.5, 0.6) is 0 Å². The molecule has 2 heterocycles. The molecule has 2 rings (SSSR count). The molecule has 1 aliphatic heterocycles. The smallest absolute Gasteiger partial charge is 0.133 e. The Morgan fingerprint density at radius 3 is 3.18 bits per heavy atom. The third kappa shape index (κ3) is 3.49. The van der Waals surface area contributed by atoms with E-state index in [4.69, 9.17) is 11.6 Å². The van der Waals surface area contributed by atoms with Crippen LogP contribution in [0.15, 0.2) is 17.4 Å². The molecule has 94 valence electrons. The molecular weight excluding hydrogens is 254 g/mol. The second-order valence-corrected chi connectivity index (χ2v) is 5.55. The van der Waals surface area contributed by atoms with Crippen LogP contribution in [0.2, 0.25) is 0 Å². The van der Waals surface area contributed by atoms with Gasteiger partial charge in [0.1, 0.15) is 17.2 Å². The second-order valence-electron chi connectivity index (χ2n) is 4.35. The average Bonchev–Trinajstić information content (AvgIpc) is 2.40. The minimum absolute atomic E-state index is 0.717. The van der Waals surface area contributed by atoms with E-state index < -0.39 is 0 Å². The van der Waals surface area contributed by atoms with Crippen LogP contribution in [-0.2, 0) is 0 Å². The van der Waals surface area contributed by atoms with Crippen LogP contribution in [0.4, 0.5) is 5.82 Å². The molecule has 1 fully saturated rings. The highest BCUT2D eigenvalue weighted by molar-refractivity contribution is 7.98. The fourth-order valence-corrected chi connectivity index (χ4v) is 2.96. The van der Waals surface area contributed by atoms with Gasteiger partial charge < -0.3 is 4.90 Å². The summed E-state index contributed by atoms with van der Waals surface area (Å²) in [4.78, 5) is 10.9. The lowest BCUT2D eigenvalue weighted by Crippen LogP contribution is -2.36. The summed E-state index contributed by atoms with van der Waals surface area (Å²) in [5, 5.41) is 1.04. The number of anilines is 1. The van der Waals surface area contributed by atoms with Gasteiger partial charge in [0.2, 0.25) is 0 Å². The number of thioether (sulfide) groups is 1. The maximum Gasteiger partial charge on any atom is 0.133 e. The molecule has 0 bridgehead atoms. The van der Waals surface area contributed by atoms with Crippen LogP contribution in [0, 0.1) is 5.92 Å². The van der Waals surface area contributed by atoms with Crippen molar-refractivity contribution in [1.82, 2.24) is 9.97 Å². The summed E-state index contributed by atoms with van der Waals surface area (Å²) in [6.07, 6.45) is 7.34. The average molecular weight is 272 g/mol. The number of aromatic nitrogens is 2. The molecule has 1 aromatic heterocycles. The van der Waals surface area contributed by atoms with E-state index in [0.29, 0.717) is 5.92 Å². The third-order valence-electron chi connectivity index (χ3n) is 3.20. The normalized spacial score (nSPS) is 20.6. The molecule has 1 atom stereocenters. The number of halogens is 1. The lowest BCUT2D eigenvalue weighted by atomic mass is 9.96. The summed E-state index contributed by atoms with van der Waals surface area (Å²) in [5.74, 6) is 2.54. The highest BCUT2D eigenvalue weighted by Crippen LogP contribution is 2.25. The highest BCUT2D eigenvalue weighted by atomic mass is 35.5. The van der Waals surface area contributed by atoms with E-state index in [9.17, 15) is 0 Å². The topological polar surface area (TPSA) is 29.0 Å². The van der Waals surface area contributed by atoms with E-state index >= 15 is 0 Å². The van der Waals surface area contributed by atoms with E-state index in [1.807, 2.05) is 6.26 Å². The van der Waals surface area contributed by atoms with Crippen molar-refractivity contribution in [3.05, 3.63) is 12.4 Å². The minimum Gasteiger partial charge on any atom is -0.356 e. The van der Waals surface area contributed by atoms with E-state index in [-0.39, 0.29) is 0 Å². The molecule has 0 saturated carbocycles. The molecule has 1 aliphatic rings. The van der Waals surface area contributed by atoms with Crippen LogP contribution < -0.4 is 4.90 Å². The van der Waals surface area contributed by atoms with Crippen LogP contribution in [0.25, 0.3) is 0 Å². The first-order valence-corrected chi connectivity index (χ1v) is 7.76. The van der Waals surface area contributed by atoms with E-state index in [1.165, 1.54) is 12.8 Å². The summed E-state index contributed by atoms with van der Waals surface area (Å²) >= 11 is 7.49. The first kappa shape index (κ1) is 13.0. The maximum absolute atomic E-state index is 5.83. The molecule has 1 saturated heterocycles. The first-order valence-electron chi connectivity index (χ1n) is 6.00. The van der Waals surface area contributed by atoms with Gasteiger partial charge >= 0.3 is 0 Å². The van der Waals surface area contributed by atoms with Crippen LogP contribution in [0.1, 0.15) is 19.3 Å². The fourth-order valence-electron chi connectivity index (χ4n) is 2.28. The highest BCUT2D eigenvalue weighted by Gasteiger charge is 2.20. The van der Waals surface area contributed by atoms with Crippen molar-refractivity contribution in [2.75, 3.05) is 30.1 Å². The van der Waals surface area contributed by atoms with Crippen molar-refractivity contribution >= 4 is 29.2 Å². The Hall–Kier alpha value is -0.480. The van der Waals surface area contributed by atoms with Crippen LogP contribution in [0.3, 0.4) is 0 Å². The Bertz CT molecular complexity index is 359. The monoisotopic (exact) mass is 271 g/mol. The van der Waals surface area contributed by atoms with Crippen LogP contribution in [-0.4, -0.2) is 35.2 Å². The molecule has 0 amide bonds. The van der Waals surface area contributed by atoms with E-state index in [2.05, 4.69) is 20.9 Å². The number of rotatable bonds is 4. The Kier molecular flexibility index (Phi) is 4.92. The zero-order chi connectivity index (χ0) is 12.1. The van der Waals surface area contributed by atoms with Gasteiger partial charge in [-0.05, 0) is 31.4 Å². The van der Waals surface area contributed by atoms with Gasteiger partial charge in [-0.3, -0.25) is 0 Å². The van der Waals surface area contributed by atoms with Crippen LogP contribution >= 0.6 is 23.4 Å². The Morgan fingerprint density at radius 1 is 1.53 bits per heavy atom. The lowest BCUT2D eigenvalue weighted by molar-refractivity contribution is 0.404. The van der Waals surface area contributed by atoms with Gasteiger partial charge in [-0.15, -0.1) is 23.4 Å². The van der Waals surface area contributed by atoms with Crippen molar-refractivity contribution in [2.45, 2.75) is 24.3 Å². The molecular formula is C12H18ClN3S. The van der Waals surface area contributed by atoms with E-state index in [1.54, 1.807) is 18.1 Å². The minimum atomic E-state index is 0.717. The summed E-state index contributed by atoms with van der Waals surface area (Å²) in [6, 6.07) is 2.08. The molecule has 0 aromatic carbocycles. The SMILES string of the molecule is CSc1cc(N2CCCC(CCCl)C2)ncn1. The quantitative estimate of drug-likeness (QED) is 0.478. The fraction of sp³-hybridized carbons (Fsp3) is 0.667. The molecule has 0 radical (unpaired) electrons. The van der Waals surface area contributed by atoms with Gasteiger partial charge in [-0.25, -0.2) is 9.97 Å². The van der Waals surface area contributed by atoms with Crippen molar-refractivity contribution in [3.8, 4) is 0 Å². The summed E-state index contributed by atoms with van der Waals surface area (Å²) in [7, 11) is 0. The Balaban J connectivity index is 2.05. The Labute approximate surface area is 112 Å². The largest absolute Gasteiger partial charge is 0.356 e. The van der Waals surface area contributed by atoms with Gasteiger partial charge in [0, 0.05) is 25.0 Å². The zero-order valence-electron chi connectivity index (χ0n) is 10.1. The molecule has 1 aromatic rings. The van der Waals surface area contributed by atoms with Gasteiger partial charge in [0.05, 0.1) is 0 Å². The number of nitrogens with zero attached hydrogens (tertiary/aromatic N) is 3. The first-order chi connectivity index (χ1) is 8.33. The summed E-state index contributed by atoms with van der Waals surface area (Å²) in [5.41, 5.74) is 0.